The van der Waals surface area contributed by atoms with Crippen LogP contribution in [0.25, 0.3) is 0 Å². The van der Waals surface area contributed by atoms with E-state index >= 15 is 0 Å². The van der Waals surface area contributed by atoms with Crippen LogP contribution in [0.5, 0.6) is 0 Å². The Hall–Kier alpha value is -1.34. The van der Waals surface area contributed by atoms with E-state index in [4.69, 9.17) is 5.73 Å². The van der Waals surface area contributed by atoms with E-state index < -0.39 is 0 Å². The number of nitrogen functional groups attached to an aromatic ring is 1. The number of carbonyl (C=O) groups excluding carboxylic acids is 1. The second-order valence-corrected chi connectivity index (χ2v) is 5.34. The highest BCUT2D eigenvalue weighted by atomic mass is 32.1. The Morgan fingerprint density at radius 2 is 2.39 bits per heavy atom. The van der Waals surface area contributed by atoms with E-state index in [1.165, 1.54) is 11.5 Å². The molecule has 1 aromatic heterocycles. The Bertz CT molecular complexity index is 435. The first-order valence-corrected chi connectivity index (χ1v) is 6.78. The monoisotopic (exact) mass is 270 g/mol. The van der Waals surface area contributed by atoms with Gasteiger partial charge in [-0.05, 0) is 36.7 Å². The molecule has 0 aliphatic heterocycles. The minimum atomic E-state index is -0.227. The van der Waals surface area contributed by atoms with Crippen LogP contribution in [-0.4, -0.2) is 35.1 Å². The van der Waals surface area contributed by atoms with Crippen molar-refractivity contribution in [3.63, 3.8) is 0 Å². The third kappa shape index (κ3) is 2.73. The molecule has 1 aromatic rings. The fraction of sp³-hybridized carbons (Fsp3) is 0.636. The van der Waals surface area contributed by atoms with Gasteiger partial charge in [-0.15, -0.1) is 0 Å². The van der Waals surface area contributed by atoms with E-state index in [0.29, 0.717) is 16.5 Å². The zero-order valence-electron chi connectivity index (χ0n) is 10.3. The van der Waals surface area contributed by atoms with Crippen LogP contribution in [0.15, 0.2) is 0 Å². The largest absolute Gasteiger partial charge is 0.393 e. The smallest absolute Gasteiger partial charge is 0.257 e. The molecule has 1 amide bonds. The van der Waals surface area contributed by atoms with Crippen LogP contribution in [0.4, 0.5) is 10.8 Å². The van der Waals surface area contributed by atoms with Crippen LogP contribution >= 0.6 is 11.5 Å². The van der Waals surface area contributed by atoms with Crippen molar-refractivity contribution >= 4 is 28.3 Å². The lowest BCUT2D eigenvalue weighted by Gasteiger charge is -2.11. The van der Waals surface area contributed by atoms with Gasteiger partial charge in [0.05, 0.1) is 6.10 Å². The Balaban J connectivity index is 1.99. The Kier molecular flexibility index (Phi) is 4.03. The summed E-state index contributed by atoms with van der Waals surface area (Å²) in [6.07, 6.45) is 2.51. The van der Waals surface area contributed by atoms with Crippen molar-refractivity contribution in [2.24, 2.45) is 5.92 Å². The van der Waals surface area contributed by atoms with Gasteiger partial charge in [0.25, 0.3) is 5.91 Å². The Morgan fingerprint density at radius 3 is 3.00 bits per heavy atom. The summed E-state index contributed by atoms with van der Waals surface area (Å²) in [7, 11) is 1.57. The highest BCUT2D eigenvalue weighted by Crippen LogP contribution is 2.29. The lowest BCUT2D eigenvalue weighted by atomic mass is 10.1. The first-order valence-electron chi connectivity index (χ1n) is 6.01. The molecule has 2 unspecified atom stereocenters. The van der Waals surface area contributed by atoms with E-state index in [9.17, 15) is 9.90 Å². The molecule has 1 aliphatic rings. The van der Waals surface area contributed by atoms with Crippen LogP contribution in [0.2, 0.25) is 0 Å². The average Bonchev–Trinajstić information content (AvgIpc) is 2.92. The third-order valence-corrected chi connectivity index (χ3v) is 4.06. The Labute approximate surface area is 110 Å². The van der Waals surface area contributed by atoms with Gasteiger partial charge in [0.15, 0.2) is 5.82 Å². The number of nitrogens with zero attached hydrogens (tertiary/aromatic N) is 1. The summed E-state index contributed by atoms with van der Waals surface area (Å²) in [6, 6.07) is 0. The van der Waals surface area contributed by atoms with Gasteiger partial charge in [0.2, 0.25) is 0 Å². The lowest BCUT2D eigenvalue weighted by molar-refractivity contribution is 0.0965. The number of hydrogen-bond donors (Lipinski definition) is 4. The summed E-state index contributed by atoms with van der Waals surface area (Å²) in [6.45, 7) is 0.739. The van der Waals surface area contributed by atoms with Gasteiger partial charge in [-0.1, -0.05) is 0 Å². The molecule has 1 fully saturated rings. The van der Waals surface area contributed by atoms with Gasteiger partial charge in [0.1, 0.15) is 10.6 Å². The van der Waals surface area contributed by atoms with Crippen molar-refractivity contribution in [1.82, 2.24) is 9.69 Å². The van der Waals surface area contributed by atoms with Crippen LogP contribution in [0.1, 0.15) is 29.6 Å². The van der Waals surface area contributed by atoms with E-state index in [-0.39, 0.29) is 17.8 Å². The zero-order chi connectivity index (χ0) is 13.1. The molecule has 2 rings (SSSR count). The molecule has 0 aromatic carbocycles. The van der Waals surface area contributed by atoms with Gasteiger partial charge in [0, 0.05) is 13.6 Å². The fourth-order valence-corrected chi connectivity index (χ4v) is 2.96. The molecule has 2 atom stereocenters. The highest BCUT2D eigenvalue weighted by Gasteiger charge is 2.24. The molecule has 0 saturated heterocycles. The summed E-state index contributed by atoms with van der Waals surface area (Å²) in [5.41, 5.74) is 6.10. The minimum absolute atomic E-state index is 0.179. The maximum atomic E-state index is 11.7. The fourth-order valence-electron chi connectivity index (χ4n) is 2.24. The molecule has 0 spiro atoms. The van der Waals surface area contributed by atoms with Gasteiger partial charge in [-0.2, -0.15) is 4.37 Å². The van der Waals surface area contributed by atoms with E-state index in [1.54, 1.807) is 7.05 Å². The van der Waals surface area contributed by atoms with E-state index in [2.05, 4.69) is 15.0 Å². The predicted molar refractivity (Wildman–Crippen MR) is 71.8 cm³/mol. The third-order valence-electron chi connectivity index (χ3n) is 3.24. The maximum Gasteiger partial charge on any atom is 0.257 e. The first kappa shape index (κ1) is 13.1. The molecule has 0 radical (unpaired) electrons. The van der Waals surface area contributed by atoms with Crippen molar-refractivity contribution in [2.45, 2.75) is 25.4 Å². The molecule has 1 heterocycles. The SMILES string of the molecule is CNC(=O)c1c(N)nsc1NCC1CCC(O)C1. The number of carbonyl (C=O) groups is 1. The molecule has 6 nitrogen and oxygen atoms in total. The number of aliphatic hydroxyl groups excluding tert-OH is 1. The molecule has 1 saturated carbocycles. The van der Waals surface area contributed by atoms with Crippen molar-refractivity contribution < 1.29 is 9.90 Å². The van der Waals surface area contributed by atoms with Gasteiger partial charge in [-0.25, -0.2) is 0 Å². The van der Waals surface area contributed by atoms with Crippen molar-refractivity contribution in [3.05, 3.63) is 5.56 Å². The van der Waals surface area contributed by atoms with Crippen LogP contribution < -0.4 is 16.4 Å². The molecule has 100 valence electrons. The van der Waals surface area contributed by atoms with Crippen molar-refractivity contribution in [3.8, 4) is 0 Å². The summed E-state index contributed by atoms with van der Waals surface area (Å²) in [4.78, 5) is 11.7. The summed E-state index contributed by atoms with van der Waals surface area (Å²) in [5.74, 6) is 0.476. The number of aliphatic hydroxyl groups is 1. The number of hydrogen-bond acceptors (Lipinski definition) is 6. The van der Waals surface area contributed by atoms with Crippen molar-refractivity contribution in [1.29, 1.82) is 0 Å². The van der Waals surface area contributed by atoms with Gasteiger partial charge < -0.3 is 21.5 Å². The van der Waals surface area contributed by atoms with Crippen LogP contribution in [0, 0.1) is 5.92 Å². The molecule has 5 N–H and O–H groups in total. The summed E-state index contributed by atoms with van der Waals surface area (Å²) < 4.78 is 3.99. The van der Waals surface area contributed by atoms with Gasteiger partial charge >= 0.3 is 0 Å². The molecule has 0 bridgehead atoms. The Morgan fingerprint density at radius 1 is 1.61 bits per heavy atom. The number of amides is 1. The molecular weight excluding hydrogens is 252 g/mol. The topological polar surface area (TPSA) is 100 Å². The number of nitrogens with two attached hydrogens (primary N) is 1. The second kappa shape index (κ2) is 5.53. The highest BCUT2D eigenvalue weighted by molar-refractivity contribution is 7.11. The maximum absolute atomic E-state index is 11.7. The number of anilines is 2. The minimum Gasteiger partial charge on any atom is -0.393 e. The quantitative estimate of drug-likeness (QED) is 0.644. The predicted octanol–water partition coefficient (Wildman–Crippen LogP) is 0.658. The normalized spacial score (nSPS) is 23.0. The standard InChI is InChI=1S/C11H18N4O2S/c1-13-10(17)8-9(12)15-18-11(8)14-5-6-2-3-7(16)4-6/h6-7,14,16H,2-5H2,1H3,(H2,12,15)(H,13,17). The van der Waals surface area contributed by atoms with E-state index in [0.717, 1.165) is 25.8 Å². The van der Waals surface area contributed by atoms with Crippen LogP contribution in [-0.2, 0) is 0 Å². The first-order chi connectivity index (χ1) is 8.61. The molecular formula is C11H18N4O2S. The zero-order valence-corrected chi connectivity index (χ0v) is 11.1. The van der Waals surface area contributed by atoms with Crippen molar-refractivity contribution in [2.75, 3.05) is 24.6 Å². The second-order valence-electron chi connectivity index (χ2n) is 4.56. The molecule has 18 heavy (non-hydrogen) atoms. The average molecular weight is 270 g/mol. The van der Waals surface area contributed by atoms with Crippen LogP contribution in [0.3, 0.4) is 0 Å². The van der Waals surface area contributed by atoms with E-state index in [1.807, 2.05) is 0 Å². The summed E-state index contributed by atoms with van der Waals surface area (Å²) in [5, 5.41) is 15.9. The summed E-state index contributed by atoms with van der Waals surface area (Å²) >= 11 is 1.19. The molecule has 7 heteroatoms. The molecule has 1 aliphatic carbocycles. The van der Waals surface area contributed by atoms with Gasteiger partial charge in [-0.3, -0.25) is 4.79 Å². The number of nitrogens with one attached hydrogen (secondary N) is 2. The number of rotatable bonds is 4. The lowest BCUT2D eigenvalue weighted by Crippen LogP contribution is -2.21. The number of aromatic nitrogens is 1.